The van der Waals surface area contributed by atoms with Crippen molar-refractivity contribution in [1.82, 2.24) is 4.90 Å². The number of nitrogens with zero attached hydrogens (tertiary/aromatic N) is 1. The van der Waals surface area contributed by atoms with Crippen molar-refractivity contribution in [2.75, 3.05) is 14.2 Å². The Morgan fingerprint density at radius 1 is 1.57 bits per heavy atom. The van der Waals surface area contributed by atoms with E-state index in [9.17, 15) is 14.4 Å². The predicted octanol–water partition coefficient (Wildman–Crippen LogP) is -0.909. The summed E-state index contributed by atoms with van der Waals surface area (Å²) in [7, 11) is 2.56. The van der Waals surface area contributed by atoms with E-state index in [1.165, 1.54) is 7.05 Å². The first-order valence-electron chi connectivity index (χ1n) is 4.05. The zero-order chi connectivity index (χ0) is 10.9. The number of hydrogen-bond acceptors (Lipinski definition) is 4. The van der Waals surface area contributed by atoms with Gasteiger partial charge in [-0.3, -0.25) is 9.59 Å². The fourth-order valence-corrected chi connectivity index (χ4v) is 1.53. The Balaban J connectivity index is 2.92. The van der Waals surface area contributed by atoms with Crippen molar-refractivity contribution >= 4 is 17.8 Å². The van der Waals surface area contributed by atoms with Crippen LogP contribution in [0, 0.1) is 5.92 Å². The molecule has 1 N–H and O–H groups in total. The Kier molecular flexibility index (Phi) is 2.73. The largest absolute Gasteiger partial charge is 0.481 e. The Morgan fingerprint density at radius 3 is 2.57 bits per heavy atom. The molecule has 0 aromatic carbocycles. The van der Waals surface area contributed by atoms with Gasteiger partial charge in [0.2, 0.25) is 5.91 Å². The topological polar surface area (TPSA) is 83.9 Å². The quantitative estimate of drug-likeness (QED) is 0.585. The maximum atomic E-state index is 11.2. The predicted molar refractivity (Wildman–Crippen MR) is 44.3 cm³/mol. The van der Waals surface area contributed by atoms with Crippen LogP contribution in [0.2, 0.25) is 0 Å². The van der Waals surface area contributed by atoms with Gasteiger partial charge in [0.25, 0.3) is 0 Å². The number of likely N-dealkylation sites (tertiary alicyclic amines) is 1. The molecule has 1 rings (SSSR count). The second-order valence-electron chi connectivity index (χ2n) is 3.12. The Bertz CT molecular complexity index is 287. The number of ether oxygens (including phenoxy) is 1. The van der Waals surface area contributed by atoms with Crippen molar-refractivity contribution in [3.05, 3.63) is 0 Å². The monoisotopic (exact) mass is 201 g/mol. The minimum Gasteiger partial charge on any atom is -0.481 e. The summed E-state index contributed by atoms with van der Waals surface area (Å²) in [6.07, 6.45) is -0.147. The summed E-state index contributed by atoms with van der Waals surface area (Å²) in [5.74, 6) is -3.20. The minimum absolute atomic E-state index is 0.147. The first-order chi connectivity index (χ1) is 6.49. The van der Waals surface area contributed by atoms with E-state index in [1.807, 2.05) is 0 Å². The summed E-state index contributed by atoms with van der Waals surface area (Å²) in [5.41, 5.74) is 0. The van der Waals surface area contributed by atoms with Crippen LogP contribution in [0.3, 0.4) is 0 Å². The van der Waals surface area contributed by atoms with Crippen molar-refractivity contribution in [1.29, 1.82) is 0 Å². The molecule has 1 amide bonds. The van der Waals surface area contributed by atoms with Crippen molar-refractivity contribution in [2.45, 2.75) is 12.5 Å². The highest BCUT2D eigenvalue weighted by atomic mass is 16.5. The summed E-state index contributed by atoms with van der Waals surface area (Å²) in [5, 5.41) is 8.78. The fraction of sp³-hybridized carbons (Fsp3) is 0.625. The molecular weight excluding hydrogens is 190 g/mol. The van der Waals surface area contributed by atoms with Gasteiger partial charge in [-0.1, -0.05) is 0 Å². The van der Waals surface area contributed by atoms with E-state index >= 15 is 0 Å². The van der Waals surface area contributed by atoms with Crippen LogP contribution in [-0.4, -0.2) is 48.1 Å². The van der Waals surface area contributed by atoms with Gasteiger partial charge in [0.05, 0.1) is 13.0 Å². The van der Waals surface area contributed by atoms with Gasteiger partial charge in [-0.15, -0.1) is 0 Å². The number of likely N-dealkylation sites (N-methyl/N-ethyl adjacent to an activating group) is 1. The van der Waals surface area contributed by atoms with Gasteiger partial charge >= 0.3 is 11.9 Å². The van der Waals surface area contributed by atoms with Gasteiger partial charge in [0.15, 0.2) is 0 Å². The van der Waals surface area contributed by atoms with Crippen LogP contribution >= 0.6 is 0 Å². The molecule has 0 aromatic heterocycles. The van der Waals surface area contributed by atoms with E-state index < -0.39 is 23.9 Å². The minimum atomic E-state index is -1.15. The molecule has 78 valence electrons. The second-order valence-corrected chi connectivity index (χ2v) is 3.12. The Morgan fingerprint density at radius 2 is 2.14 bits per heavy atom. The third-order valence-electron chi connectivity index (χ3n) is 2.35. The molecule has 0 aliphatic carbocycles. The molecule has 0 saturated carbocycles. The van der Waals surface area contributed by atoms with Gasteiger partial charge < -0.3 is 14.7 Å². The Hall–Kier alpha value is -1.59. The number of carbonyl (C=O) groups excluding carboxylic acids is 2. The molecule has 6 heteroatoms. The van der Waals surface area contributed by atoms with Gasteiger partial charge in [0, 0.05) is 13.5 Å². The smallest absolute Gasteiger partial charge is 0.329 e. The molecule has 2 atom stereocenters. The first-order valence-corrected chi connectivity index (χ1v) is 4.05. The third-order valence-corrected chi connectivity index (χ3v) is 2.35. The average Bonchev–Trinajstić information content (AvgIpc) is 2.43. The molecule has 1 fully saturated rings. The van der Waals surface area contributed by atoms with Gasteiger partial charge in [-0.2, -0.15) is 0 Å². The SMILES string of the molecule is COC(=O)[C@@H]1[C@@H](C(=O)O)CC(=O)N1C. The second kappa shape index (κ2) is 3.65. The zero-order valence-electron chi connectivity index (χ0n) is 7.89. The van der Waals surface area contributed by atoms with Crippen LogP contribution in [0.5, 0.6) is 0 Å². The number of carboxylic acids is 1. The highest BCUT2D eigenvalue weighted by molar-refractivity contribution is 5.95. The van der Waals surface area contributed by atoms with E-state index in [0.717, 1.165) is 12.0 Å². The number of amides is 1. The van der Waals surface area contributed by atoms with Crippen LogP contribution < -0.4 is 0 Å². The third kappa shape index (κ3) is 1.55. The fourth-order valence-electron chi connectivity index (χ4n) is 1.53. The molecule has 0 radical (unpaired) electrons. The highest BCUT2D eigenvalue weighted by Crippen LogP contribution is 2.25. The molecule has 1 aliphatic heterocycles. The van der Waals surface area contributed by atoms with E-state index in [-0.39, 0.29) is 12.3 Å². The molecule has 14 heavy (non-hydrogen) atoms. The van der Waals surface area contributed by atoms with Crippen LogP contribution in [0.25, 0.3) is 0 Å². The lowest BCUT2D eigenvalue weighted by Crippen LogP contribution is -2.41. The van der Waals surface area contributed by atoms with Crippen LogP contribution in [0.15, 0.2) is 0 Å². The van der Waals surface area contributed by atoms with E-state index in [0.29, 0.717) is 0 Å². The number of methoxy groups -OCH3 is 1. The molecule has 0 spiro atoms. The van der Waals surface area contributed by atoms with Crippen molar-refractivity contribution in [3.8, 4) is 0 Å². The average molecular weight is 201 g/mol. The van der Waals surface area contributed by atoms with Crippen molar-refractivity contribution < 1.29 is 24.2 Å². The molecule has 1 aliphatic rings. The lowest BCUT2D eigenvalue weighted by Gasteiger charge is -2.19. The first kappa shape index (κ1) is 10.5. The Labute approximate surface area is 80.4 Å². The molecule has 6 nitrogen and oxygen atoms in total. The summed E-state index contributed by atoms with van der Waals surface area (Å²) in [6, 6.07) is -0.995. The summed E-state index contributed by atoms with van der Waals surface area (Å²) in [4.78, 5) is 34.2. The maximum Gasteiger partial charge on any atom is 0.329 e. The molecule has 0 aromatic rings. The maximum absolute atomic E-state index is 11.2. The summed E-state index contributed by atoms with van der Waals surface area (Å²) in [6.45, 7) is 0. The number of rotatable bonds is 2. The molecule has 0 bridgehead atoms. The zero-order valence-corrected chi connectivity index (χ0v) is 7.89. The van der Waals surface area contributed by atoms with Gasteiger partial charge in [-0.25, -0.2) is 4.79 Å². The molecule has 1 heterocycles. The highest BCUT2D eigenvalue weighted by Gasteiger charge is 2.46. The number of esters is 1. The number of aliphatic carboxylic acids is 1. The van der Waals surface area contributed by atoms with Crippen molar-refractivity contribution in [2.24, 2.45) is 5.92 Å². The van der Waals surface area contributed by atoms with Gasteiger partial charge in [0.1, 0.15) is 6.04 Å². The molecule has 1 saturated heterocycles. The standard InChI is InChI=1S/C8H11NO5/c1-9-5(10)3-4(7(11)12)6(9)8(13)14-2/h4,6H,3H2,1-2H3,(H,11,12)/t4-,6-/m0/s1. The van der Waals surface area contributed by atoms with Crippen LogP contribution in [-0.2, 0) is 19.1 Å². The van der Waals surface area contributed by atoms with Crippen LogP contribution in [0.4, 0.5) is 0 Å². The molecular formula is C8H11NO5. The normalized spacial score (nSPS) is 26.4. The summed E-state index contributed by atoms with van der Waals surface area (Å²) < 4.78 is 4.44. The van der Waals surface area contributed by atoms with E-state index in [4.69, 9.17) is 5.11 Å². The van der Waals surface area contributed by atoms with Crippen molar-refractivity contribution in [3.63, 3.8) is 0 Å². The van der Waals surface area contributed by atoms with E-state index in [1.54, 1.807) is 0 Å². The lowest BCUT2D eigenvalue weighted by atomic mass is 10.0. The van der Waals surface area contributed by atoms with Crippen LogP contribution in [0.1, 0.15) is 6.42 Å². The van der Waals surface area contributed by atoms with E-state index in [2.05, 4.69) is 4.74 Å². The molecule has 0 unspecified atom stereocenters. The number of carbonyl (C=O) groups is 3. The lowest BCUT2D eigenvalue weighted by molar-refractivity contribution is -0.154. The van der Waals surface area contributed by atoms with Gasteiger partial charge in [-0.05, 0) is 0 Å². The number of carboxylic acid groups (broad SMARTS) is 1. The summed E-state index contributed by atoms with van der Waals surface area (Å²) >= 11 is 0. The number of hydrogen-bond donors (Lipinski definition) is 1.